The molecule has 2 rings (SSSR count). The molecule has 0 bridgehead atoms. The number of aliphatic hydroxyl groups is 1. The molecule has 1 aliphatic carbocycles. The molecule has 0 aliphatic heterocycles. The van der Waals surface area contributed by atoms with Gasteiger partial charge in [0.2, 0.25) is 5.95 Å². The van der Waals surface area contributed by atoms with Gasteiger partial charge in [-0.3, -0.25) is 0 Å². The van der Waals surface area contributed by atoms with E-state index in [1.807, 2.05) is 20.8 Å². The number of hydrogen-bond donors (Lipinski definition) is 2. The first kappa shape index (κ1) is 20.2. The summed E-state index contributed by atoms with van der Waals surface area (Å²) in [5, 5.41) is 12.8. The number of nitrogens with one attached hydrogen (secondary N) is 1. The van der Waals surface area contributed by atoms with E-state index in [2.05, 4.69) is 26.0 Å². The monoisotopic (exact) mass is 370 g/mol. The SMILES string of the molecule is C[C@@H](CCc1nc(NC(C)(C)C)nc(C2=C=C(O)CCC2)n1)C(F)(F)F. The van der Waals surface area contributed by atoms with Crippen molar-refractivity contribution in [3.05, 3.63) is 23.1 Å². The van der Waals surface area contributed by atoms with Crippen LogP contribution in [0, 0.1) is 5.92 Å². The van der Waals surface area contributed by atoms with Crippen LogP contribution in [0.4, 0.5) is 19.1 Å². The zero-order chi connectivity index (χ0) is 19.5. The average Bonchev–Trinajstić information content (AvgIpc) is 2.49. The van der Waals surface area contributed by atoms with E-state index in [1.165, 1.54) is 0 Å². The molecule has 1 aromatic rings. The van der Waals surface area contributed by atoms with Crippen molar-refractivity contribution in [2.45, 2.75) is 71.5 Å². The largest absolute Gasteiger partial charge is 0.505 e. The lowest BCUT2D eigenvalue weighted by atomic mass is 10.0. The van der Waals surface area contributed by atoms with Crippen LogP contribution in [-0.4, -0.2) is 31.8 Å². The third-order valence-corrected chi connectivity index (χ3v) is 3.93. The third-order valence-electron chi connectivity index (χ3n) is 3.93. The van der Waals surface area contributed by atoms with Gasteiger partial charge in [-0.2, -0.15) is 23.1 Å². The number of aryl methyl sites for hydroxylation is 1. The van der Waals surface area contributed by atoms with Crippen molar-refractivity contribution in [3.63, 3.8) is 0 Å². The summed E-state index contributed by atoms with van der Waals surface area (Å²) in [6, 6.07) is 0. The van der Waals surface area contributed by atoms with Gasteiger partial charge in [0.05, 0.1) is 5.92 Å². The van der Waals surface area contributed by atoms with Gasteiger partial charge < -0.3 is 10.4 Å². The van der Waals surface area contributed by atoms with Gasteiger partial charge in [-0.25, -0.2) is 4.98 Å². The number of rotatable bonds is 5. The first-order chi connectivity index (χ1) is 11.9. The van der Waals surface area contributed by atoms with E-state index >= 15 is 0 Å². The van der Waals surface area contributed by atoms with Crippen LogP contribution in [0.1, 0.15) is 65.0 Å². The third kappa shape index (κ3) is 6.02. The van der Waals surface area contributed by atoms with Gasteiger partial charge in [-0.05, 0) is 40.0 Å². The Hall–Kier alpha value is -2.08. The van der Waals surface area contributed by atoms with E-state index in [-0.39, 0.29) is 24.1 Å². The average molecular weight is 370 g/mol. The Bertz CT molecular complexity index is 716. The van der Waals surface area contributed by atoms with E-state index in [0.29, 0.717) is 36.0 Å². The Morgan fingerprint density at radius 2 is 1.85 bits per heavy atom. The van der Waals surface area contributed by atoms with Gasteiger partial charge in [0.15, 0.2) is 5.82 Å². The normalized spacial score (nSPS) is 16.7. The predicted octanol–water partition coefficient (Wildman–Crippen LogP) is 4.82. The summed E-state index contributed by atoms with van der Waals surface area (Å²) in [5.74, 6) is -0.315. The van der Waals surface area contributed by atoms with Crippen LogP contribution in [0.2, 0.25) is 0 Å². The molecular formula is C18H25F3N4O. The van der Waals surface area contributed by atoms with Gasteiger partial charge >= 0.3 is 6.18 Å². The molecule has 144 valence electrons. The van der Waals surface area contributed by atoms with Crippen LogP contribution in [0.3, 0.4) is 0 Å². The molecule has 26 heavy (non-hydrogen) atoms. The van der Waals surface area contributed by atoms with E-state index in [0.717, 1.165) is 13.3 Å². The Balaban J connectivity index is 2.33. The van der Waals surface area contributed by atoms with Crippen LogP contribution in [0.15, 0.2) is 11.5 Å². The second-order valence-electron chi connectivity index (χ2n) is 7.66. The van der Waals surface area contributed by atoms with Crippen LogP contribution in [0.5, 0.6) is 0 Å². The van der Waals surface area contributed by atoms with Crippen LogP contribution in [0.25, 0.3) is 5.57 Å². The zero-order valence-electron chi connectivity index (χ0n) is 15.5. The molecule has 8 heteroatoms. The first-order valence-electron chi connectivity index (χ1n) is 8.72. The van der Waals surface area contributed by atoms with E-state index in [1.54, 1.807) is 0 Å². The van der Waals surface area contributed by atoms with Crippen molar-refractivity contribution < 1.29 is 18.3 Å². The van der Waals surface area contributed by atoms with Crippen molar-refractivity contribution in [1.29, 1.82) is 0 Å². The molecule has 1 aromatic heterocycles. The van der Waals surface area contributed by atoms with Crippen LogP contribution >= 0.6 is 0 Å². The lowest BCUT2D eigenvalue weighted by Crippen LogP contribution is -2.28. The van der Waals surface area contributed by atoms with Crippen molar-refractivity contribution in [2.24, 2.45) is 5.92 Å². The summed E-state index contributed by atoms with van der Waals surface area (Å²) < 4.78 is 38.3. The van der Waals surface area contributed by atoms with Gasteiger partial charge in [0.25, 0.3) is 0 Å². The van der Waals surface area contributed by atoms with Crippen LogP contribution in [-0.2, 0) is 6.42 Å². The van der Waals surface area contributed by atoms with Crippen molar-refractivity contribution in [1.82, 2.24) is 15.0 Å². The molecule has 5 nitrogen and oxygen atoms in total. The number of alkyl halides is 3. The molecule has 1 aliphatic rings. The van der Waals surface area contributed by atoms with E-state index < -0.39 is 12.1 Å². The lowest BCUT2D eigenvalue weighted by Gasteiger charge is -2.21. The van der Waals surface area contributed by atoms with Crippen molar-refractivity contribution in [2.75, 3.05) is 5.32 Å². The Morgan fingerprint density at radius 1 is 1.15 bits per heavy atom. The molecule has 0 saturated heterocycles. The summed E-state index contributed by atoms with van der Waals surface area (Å²) in [6.45, 7) is 6.97. The summed E-state index contributed by atoms with van der Waals surface area (Å²) in [6.07, 6.45) is -2.27. The van der Waals surface area contributed by atoms with Gasteiger partial charge in [0.1, 0.15) is 11.6 Å². The van der Waals surface area contributed by atoms with Gasteiger partial charge in [-0.1, -0.05) is 12.7 Å². The zero-order valence-corrected chi connectivity index (χ0v) is 15.5. The lowest BCUT2D eigenvalue weighted by molar-refractivity contribution is -0.171. The fourth-order valence-electron chi connectivity index (χ4n) is 2.47. The highest BCUT2D eigenvalue weighted by Crippen LogP contribution is 2.29. The van der Waals surface area contributed by atoms with Crippen LogP contribution < -0.4 is 5.32 Å². The van der Waals surface area contributed by atoms with E-state index in [9.17, 15) is 18.3 Å². The maximum atomic E-state index is 12.8. The highest BCUT2D eigenvalue weighted by Gasteiger charge is 2.35. The van der Waals surface area contributed by atoms with Crippen molar-refractivity contribution in [3.8, 4) is 0 Å². The molecule has 0 saturated carbocycles. The topological polar surface area (TPSA) is 70.9 Å². The Labute approximate surface area is 151 Å². The summed E-state index contributed by atoms with van der Waals surface area (Å²) >= 11 is 0. The molecule has 2 N–H and O–H groups in total. The number of hydrogen-bond acceptors (Lipinski definition) is 5. The molecular weight excluding hydrogens is 345 g/mol. The molecule has 0 aromatic carbocycles. The van der Waals surface area contributed by atoms with Crippen molar-refractivity contribution >= 4 is 11.5 Å². The highest BCUT2D eigenvalue weighted by atomic mass is 19.4. The standard InChI is InChI=1S/C18H25F3N4O/c1-11(18(19,20)21)8-9-14-22-15(12-6-5-7-13(26)10-12)24-16(23-14)25-17(2,3)4/h11,26H,5-9H2,1-4H3,(H,22,23,24,25)/t11-/m0/s1. The second-order valence-corrected chi connectivity index (χ2v) is 7.66. The number of aromatic nitrogens is 3. The minimum absolute atomic E-state index is 0.0952. The van der Waals surface area contributed by atoms with Gasteiger partial charge in [0, 0.05) is 24.0 Å². The fraction of sp³-hybridized carbons (Fsp3) is 0.667. The summed E-state index contributed by atoms with van der Waals surface area (Å²) in [5.41, 5.74) is 3.21. The highest BCUT2D eigenvalue weighted by molar-refractivity contribution is 5.61. The Morgan fingerprint density at radius 3 is 2.42 bits per heavy atom. The molecule has 0 fully saturated rings. The molecule has 0 amide bonds. The number of nitrogens with zero attached hydrogens (tertiary/aromatic N) is 3. The molecule has 0 radical (unpaired) electrons. The maximum absolute atomic E-state index is 12.8. The molecule has 0 unspecified atom stereocenters. The Kier molecular flexibility index (Phi) is 5.96. The first-order valence-corrected chi connectivity index (χ1v) is 8.72. The predicted molar refractivity (Wildman–Crippen MR) is 93.7 cm³/mol. The number of anilines is 1. The summed E-state index contributed by atoms with van der Waals surface area (Å²) in [7, 11) is 0. The molecule has 1 heterocycles. The number of allylic oxidation sites excluding steroid dienone is 1. The number of aliphatic hydroxyl groups excluding tert-OH is 1. The quantitative estimate of drug-likeness (QED) is 0.727. The smallest absolute Gasteiger partial charge is 0.391 e. The minimum atomic E-state index is -4.23. The maximum Gasteiger partial charge on any atom is 0.391 e. The number of halogens is 3. The molecule has 0 spiro atoms. The fourth-order valence-corrected chi connectivity index (χ4v) is 2.47. The van der Waals surface area contributed by atoms with Gasteiger partial charge in [-0.15, -0.1) is 0 Å². The van der Waals surface area contributed by atoms with E-state index in [4.69, 9.17) is 0 Å². The summed E-state index contributed by atoms with van der Waals surface area (Å²) in [4.78, 5) is 13.0. The second kappa shape index (κ2) is 7.66. The molecule has 1 atom stereocenters. The minimum Gasteiger partial charge on any atom is -0.505 e.